The Balaban J connectivity index is 2.04. The van der Waals surface area contributed by atoms with E-state index in [9.17, 15) is 0 Å². The van der Waals surface area contributed by atoms with E-state index in [2.05, 4.69) is 10.1 Å². The standard InChI is InChI=1S/C15H21N3O3/c1-10(16)4-7-15-17-14(18-21-15)9-11-5-6-12(19-2)13(8-11)20-3/h5-6,8,10H,4,7,9,16H2,1-3H3. The van der Waals surface area contributed by atoms with Crippen molar-refractivity contribution in [2.75, 3.05) is 14.2 Å². The maximum absolute atomic E-state index is 5.71. The lowest BCUT2D eigenvalue weighted by molar-refractivity contribution is 0.354. The molecule has 0 amide bonds. The number of hydrogen-bond donors (Lipinski definition) is 1. The second kappa shape index (κ2) is 7.08. The van der Waals surface area contributed by atoms with Gasteiger partial charge in [-0.25, -0.2) is 0 Å². The first-order valence-electron chi connectivity index (χ1n) is 6.90. The minimum Gasteiger partial charge on any atom is -0.493 e. The first-order valence-corrected chi connectivity index (χ1v) is 6.90. The molecule has 2 N–H and O–H groups in total. The Bertz CT molecular complexity index is 581. The number of aromatic nitrogens is 2. The third kappa shape index (κ3) is 4.19. The van der Waals surface area contributed by atoms with E-state index in [0.717, 1.165) is 12.0 Å². The smallest absolute Gasteiger partial charge is 0.226 e. The van der Waals surface area contributed by atoms with Crippen molar-refractivity contribution in [3.8, 4) is 11.5 Å². The van der Waals surface area contributed by atoms with Crippen molar-refractivity contribution in [1.82, 2.24) is 10.1 Å². The average Bonchev–Trinajstić information content (AvgIpc) is 2.92. The van der Waals surface area contributed by atoms with Crippen molar-refractivity contribution in [3.63, 3.8) is 0 Å². The number of hydrogen-bond acceptors (Lipinski definition) is 6. The fourth-order valence-corrected chi connectivity index (χ4v) is 1.99. The van der Waals surface area contributed by atoms with Crippen molar-refractivity contribution in [3.05, 3.63) is 35.5 Å². The summed E-state index contributed by atoms with van der Waals surface area (Å²) in [5, 5.41) is 3.99. The van der Waals surface area contributed by atoms with Crippen LogP contribution < -0.4 is 15.2 Å². The molecular weight excluding hydrogens is 270 g/mol. The second-order valence-corrected chi connectivity index (χ2v) is 4.99. The second-order valence-electron chi connectivity index (χ2n) is 4.99. The minimum absolute atomic E-state index is 0.131. The van der Waals surface area contributed by atoms with Crippen LogP contribution in [-0.2, 0) is 12.8 Å². The van der Waals surface area contributed by atoms with Crippen LogP contribution in [0.4, 0.5) is 0 Å². The Labute approximate surface area is 124 Å². The van der Waals surface area contributed by atoms with E-state index in [-0.39, 0.29) is 6.04 Å². The van der Waals surface area contributed by atoms with Gasteiger partial charge in [-0.05, 0) is 31.0 Å². The zero-order valence-electron chi connectivity index (χ0n) is 12.6. The van der Waals surface area contributed by atoms with Crippen LogP contribution in [0.5, 0.6) is 11.5 Å². The number of methoxy groups -OCH3 is 2. The van der Waals surface area contributed by atoms with Crippen molar-refractivity contribution in [1.29, 1.82) is 0 Å². The molecule has 0 aliphatic heterocycles. The molecule has 1 aromatic carbocycles. The largest absolute Gasteiger partial charge is 0.493 e. The van der Waals surface area contributed by atoms with Crippen molar-refractivity contribution >= 4 is 0 Å². The fourth-order valence-electron chi connectivity index (χ4n) is 1.99. The maximum Gasteiger partial charge on any atom is 0.226 e. The van der Waals surface area contributed by atoms with E-state index < -0.39 is 0 Å². The van der Waals surface area contributed by atoms with Gasteiger partial charge in [-0.3, -0.25) is 0 Å². The summed E-state index contributed by atoms with van der Waals surface area (Å²) in [6.45, 7) is 1.96. The zero-order chi connectivity index (χ0) is 15.2. The molecule has 0 spiro atoms. The summed E-state index contributed by atoms with van der Waals surface area (Å²) in [7, 11) is 3.23. The molecule has 0 saturated heterocycles. The third-order valence-electron chi connectivity index (χ3n) is 3.13. The molecule has 21 heavy (non-hydrogen) atoms. The molecule has 1 unspecified atom stereocenters. The molecule has 0 bridgehead atoms. The lowest BCUT2D eigenvalue weighted by Crippen LogP contribution is -2.15. The highest BCUT2D eigenvalue weighted by Gasteiger charge is 2.10. The predicted molar refractivity (Wildman–Crippen MR) is 78.6 cm³/mol. The first kappa shape index (κ1) is 15.3. The van der Waals surface area contributed by atoms with E-state index in [4.69, 9.17) is 19.7 Å². The van der Waals surface area contributed by atoms with Crippen LogP contribution in [0.25, 0.3) is 0 Å². The maximum atomic E-state index is 5.71. The van der Waals surface area contributed by atoms with Gasteiger partial charge in [0.1, 0.15) is 0 Å². The van der Waals surface area contributed by atoms with Crippen LogP contribution in [0.2, 0.25) is 0 Å². The normalized spacial score (nSPS) is 12.2. The van der Waals surface area contributed by atoms with E-state index in [1.54, 1.807) is 14.2 Å². The molecule has 6 heteroatoms. The van der Waals surface area contributed by atoms with Crippen LogP contribution in [0.3, 0.4) is 0 Å². The highest BCUT2D eigenvalue weighted by atomic mass is 16.5. The lowest BCUT2D eigenvalue weighted by atomic mass is 10.1. The van der Waals surface area contributed by atoms with Gasteiger partial charge in [-0.15, -0.1) is 0 Å². The van der Waals surface area contributed by atoms with Crippen molar-refractivity contribution < 1.29 is 14.0 Å². The zero-order valence-corrected chi connectivity index (χ0v) is 12.6. The summed E-state index contributed by atoms with van der Waals surface area (Å²) in [5.41, 5.74) is 6.75. The van der Waals surface area contributed by atoms with Crippen LogP contribution in [-0.4, -0.2) is 30.4 Å². The molecule has 0 radical (unpaired) electrons. The van der Waals surface area contributed by atoms with Gasteiger partial charge in [0.2, 0.25) is 5.89 Å². The van der Waals surface area contributed by atoms with Gasteiger partial charge in [0.05, 0.1) is 14.2 Å². The monoisotopic (exact) mass is 291 g/mol. The minimum atomic E-state index is 0.131. The SMILES string of the molecule is COc1ccc(Cc2noc(CCC(C)N)n2)cc1OC. The molecule has 0 saturated carbocycles. The lowest BCUT2D eigenvalue weighted by Gasteiger charge is -2.08. The van der Waals surface area contributed by atoms with Gasteiger partial charge < -0.3 is 19.7 Å². The van der Waals surface area contributed by atoms with Gasteiger partial charge in [-0.2, -0.15) is 4.98 Å². The van der Waals surface area contributed by atoms with Crippen molar-refractivity contribution in [2.45, 2.75) is 32.2 Å². The Morgan fingerprint density at radius 3 is 2.67 bits per heavy atom. The quantitative estimate of drug-likeness (QED) is 0.839. The molecule has 1 aromatic heterocycles. The molecule has 0 aliphatic carbocycles. The van der Waals surface area contributed by atoms with Crippen molar-refractivity contribution in [2.24, 2.45) is 5.73 Å². The molecule has 1 atom stereocenters. The van der Waals surface area contributed by atoms with Crippen LogP contribution in [0.1, 0.15) is 30.6 Å². The van der Waals surface area contributed by atoms with E-state index in [1.807, 2.05) is 25.1 Å². The molecule has 2 aromatic rings. The number of benzene rings is 1. The van der Waals surface area contributed by atoms with Gasteiger partial charge in [-0.1, -0.05) is 11.2 Å². The summed E-state index contributed by atoms with van der Waals surface area (Å²) in [5.74, 6) is 2.67. The summed E-state index contributed by atoms with van der Waals surface area (Å²) in [6, 6.07) is 5.87. The Kier molecular flexibility index (Phi) is 5.16. The number of nitrogens with zero attached hydrogens (tertiary/aromatic N) is 2. The average molecular weight is 291 g/mol. The summed E-state index contributed by atoms with van der Waals surface area (Å²) in [6.07, 6.45) is 2.12. The Morgan fingerprint density at radius 1 is 1.24 bits per heavy atom. The summed E-state index contributed by atoms with van der Waals surface area (Å²) in [4.78, 5) is 4.37. The van der Waals surface area contributed by atoms with Crippen LogP contribution in [0.15, 0.2) is 22.7 Å². The number of nitrogens with two attached hydrogens (primary N) is 1. The van der Waals surface area contributed by atoms with Gasteiger partial charge in [0.25, 0.3) is 0 Å². The molecule has 2 rings (SSSR count). The topological polar surface area (TPSA) is 83.4 Å². The molecular formula is C15H21N3O3. The fraction of sp³-hybridized carbons (Fsp3) is 0.467. The van der Waals surface area contributed by atoms with E-state index >= 15 is 0 Å². The molecule has 0 fully saturated rings. The number of aryl methyl sites for hydroxylation is 1. The van der Waals surface area contributed by atoms with Gasteiger partial charge >= 0.3 is 0 Å². The Morgan fingerprint density at radius 2 is 2.00 bits per heavy atom. The summed E-state index contributed by atoms with van der Waals surface area (Å²) >= 11 is 0. The predicted octanol–water partition coefficient (Wildman–Crippen LogP) is 1.96. The molecule has 6 nitrogen and oxygen atoms in total. The van der Waals surface area contributed by atoms with Crippen LogP contribution >= 0.6 is 0 Å². The highest BCUT2D eigenvalue weighted by molar-refractivity contribution is 5.43. The molecule has 0 aliphatic rings. The third-order valence-corrected chi connectivity index (χ3v) is 3.13. The number of ether oxygens (including phenoxy) is 2. The van der Waals surface area contributed by atoms with E-state index in [0.29, 0.717) is 36.1 Å². The van der Waals surface area contributed by atoms with E-state index in [1.165, 1.54) is 0 Å². The van der Waals surface area contributed by atoms with Gasteiger partial charge in [0.15, 0.2) is 17.3 Å². The van der Waals surface area contributed by atoms with Gasteiger partial charge in [0, 0.05) is 18.9 Å². The summed E-state index contributed by atoms with van der Waals surface area (Å²) < 4.78 is 15.7. The number of rotatable bonds is 7. The molecule has 114 valence electrons. The van der Waals surface area contributed by atoms with Crippen LogP contribution in [0, 0.1) is 0 Å². The molecule has 1 heterocycles. The first-order chi connectivity index (χ1) is 10.1. The Hall–Kier alpha value is -2.08. The highest BCUT2D eigenvalue weighted by Crippen LogP contribution is 2.28.